The second-order valence-electron chi connectivity index (χ2n) is 18.6. The van der Waals surface area contributed by atoms with Crippen LogP contribution < -0.4 is 4.90 Å². The maximum atomic E-state index is 2.48. The summed E-state index contributed by atoms with van der Waals surface area (Å²) in [5, 5.41) is 7.98. The molecule has 0 fully saturated rings. The molecule has 0 bridgehead atoms. The number of anilines is 3. The van der Waals surface area contributed by atoms with Crippen molar-refractivity contribution in [1.82, 2.24) is 0 Å². The zero-order chi connectivity index (χ0) is 39.3. The summed E-state index contributed by atoms with van der Waals surface area (Å²) in [6, 6.07) is 62.4. The van der Waals surface area contributed by atoms with Crippen LogP contribution >= 0.6 is 0 Å². The van der Waals surface area contributed by atoms with E-state index in [4.69, 9.17) is 0 Å². The van der Waals surface area contributed by atoms with E-state index in [1.165, 1.54) is 110 Å². The highest BCUT2D eigenvalue weighted by Gasteiger charge is 2.38. The molecule has 0 heterocycles. The van der Waals surface area contributed by atoms with Crippen LogP contribution in [0.5, 0.6) is 0 Å². The van der Waals surface area contributed by atoms with E-state index in [-0.39, 0.29) is 16.2 Å². The molecule has 9 aromatic rings. The summed E-state index contributed by atoms with van der Waals surface area (Å²) in [6.07, 6.45) is 0. The molecule has 12 rings (SSSR count). The van der Waals surface area contributed by atoms with Gasteiger partial charge in [0.2, 0.25) is 0 Å². The average Bonchev–Trinajstić information content (AvgIpc) is 3.72. The third-order valence-corrected chi connectivity index (χ3v) is 14.4. The molecule has 0 spiro atoms. The molecule has 1 nitrogen and oxygen atoms in total. The number of hydrogen-bond acceptors (Lipinski definition) is 1. The van der Waals surface area contributed by atoms with Crippen LogP contribution in [0.3, 0.4) is 0 Å². The molecular weight excluding hydrogens is 699 g/mol. The van der Waals surface area contributed by atoms with E-state index in [1.54, 1.807) is 0 Å². The van der Waals surface area contributed by atoms with E-state index in [1.807, 2.05) is 0 Å². The number of fused-ring (bicyclic) bond motifs is 7. The largest absolute Gasteiger partial charge is 0.310 e. The molecule has 58 heavy (non-hydrogen) atoms. The second-order valence-corrected chi connectivity index (χ2v) is 18.6. The molecule has 3 aliphatic rings. The highest BCUT2D eigenvalue weighted by Crippen LogP contribution is 2.54. The Balaban J connectivity index is 0.998. The molecule has 278 valence electrons. The Kier molecular flexibility index (Phi) is 6.60. The minimum atomic E-state index is -0.0961. The van der Waals surface area contributed by atoms with Crippen molar-refractivity contribution in [3.63, 3.8) is 0 Å². The Labute approximate surface area is 341 Å². The second kappa shape index (κ2) is 11.4. The lowest BCUT2D eigenvalue weighted by Crippen LogP contribution is -2.18. The summed E-state index contributed by atoms with van der Waals surface area (Å²) in [7, 11) is 0. The number of nitrogens with zero attached hydrogens (tertiary/aromatic N) is 1. The van der Waals surface area contributed by atoms with E-state index in [0.29, 0.717) is 0 Å². The molecule has 0 unspecified atom stereocenters. The van der Waals surface area contributed by atoms with Crippen LogP contribution in [0.25, 0.3) is 65.7 Å². The van der Waals surface area contributed by atoms with E-state index in [2.05, 4.69) is 210 Å². The monoisotopic (exact) mass is 743 g/mol. The Morgan fingerprint density at radius 2 is 0.759 bits per heavy atom. The highest BCUT2D eigenvalue weighted by molar-refractivity contribution is 6.16. The van der Waals surface area contributed by atoms with Gasteiger partial charge in [-0.15, -0.1) is 0 Å². The average molecular weight is 744 g/mol. The van der Waals surface area contributed by atoms with Gasteiger partial charge in [0.25, 0.3) is 0 Å². The van der Waals surface area contributed by atoms with Crippen molar-refractivity contribution in [2.24, 2.45) is 0 Å². The van der Waals surface area contributed by atoms with Gasteiger partial charge in [0, 0.05) is 33.3 Å². The van der Waals surface area contributed by atoms with E-state index in [0.717, 1.165) is 5.69 Å². The predicted octanol–water partition coefficient (Wildman–Crippen LogP) is 15.5. The van der Waals surface area contributed by atoms with Crippen LogP contribution in [0, 0.1) is 0 Å². The minimum Gasteiger partial charge on any atom is -0.310 e. The van der Waals surface area contributed by atoms with Crippen LogP contribution in [-0.2, 0) is 16.2 Å². The highest BCUT2D eigenvalue weighted by atomic mass is 15.1. The molecule has 0 radical (unpaired) electrons. The smallest absolute Gasteiger partial charge is 0.0468 e. The van der Waals surface area contributed by atoms with Gasteiger partial charge in [0.15, 0.2) is 0 Å². The fourth-order valence-electron chi connectivity index (χ4n) is 11.2. The summed E-state index contributed by atoms with van der Waals surface area (Å²) in [4.78, 5) is 2.48. The summed E-state index contributed by atoms with van der Waals surface area (Å²) in [5.41, 5.74) is 19.6. The van der Waals surface area contributed by atoms with Crippen molar-refractivity contribution < 1.29 is 0 Å². The first-order chi connectivity index (χ1) is 28.0. The van der Waals surface area contributed by atoms with Crippen molar-refractivity contribution in [3.8, 4) is 33.4 Å². The standard InChI is InChI=1S/C57H45N/c1-55(2)47-15-9-7-13-43(47)45-26-24-41(32-50(45)55)58(42-25-27-46-44-14-8-10-16-48(44)56(3,4)51(46)33-42)40-23-22-35-28-36(19-20-37(35)30-40)39-29-38-21-18-34-12-11-17-49-53(34)54(38)52(31-39)57(49,5)6/h7-33H,1-6H3. The summed E-state index contributed by atoms with van der Waals surface area (Å²) >= 11 is 0. The van der Waals surface area contributed by atoms with Crippen LogP contribution in [0.4, 0.5) is 17.1 Å². The molecule has 0 atom stereocenters. The quantitative estimate of drug-likeness (QED) is 0.162. The Bertz CT molecular complexity index is 3160. The van der Waals surface area contributed by atoms with Crippen molar-refractivity contribution in [3.05, 3.63) is 197 Å². The first-order valence-corrected chi connectivity index (χ1v) is 20.8. The molecular formula is C57H45N. The minimum absolute atomic E-state index is 0.0439. The number of benzene rings is 9. The van der Waals surface area contributed by atoms with Gasteiger partial charge in [-0.3, -0.25) is 0 Å². The maximum absolute atomic E-state index is 2.48. The number of rotatable bonds is 4. The Morgan fingerprint density at radius 3 is 1.43 bits per heavy atom. The van der Waals surface area contributed by atoms with E-state index >= 15 is 0 Å². The molecule has 9 aromatic carbocycles. The molecule has 0 N–H and O–H groups in total. The van der Waals surface area contributed by atoms with Gasteiger partial charge in [-0.05, 0) is 154 Å². The van der Waals surface area contributed by atoms with Crippen LogP contribution in [-0.4, -0.2) is 0 Å². The third kappa shape index (κ3) is 4.42. The van der Waals surface area contributed by atoms with Crippen LogP contribution in [0.2, 0.25) is 0 Å². The normalized spacial score (nSPS) is 15.8. The zero-order valence-corrected chi connectivity index (χ0v) is 34.0. The van der Waals surface area contributed by atoms with Gasteiger partial charge in [0.05, 0.1) is 0 Å². The zero-order valence-electron chi connectivity index (χ0n) is 34.0. The third-order valence-electron chi connectivity index (χ3n) is 14.4. The van der Waals surface area contributed by atoms with Crippen molar-refractivity contribution >= 4 is 49.4 Å². The van der Waals surface area contributed by atoms with Gasteiger partial charge in [-0.25, -0.2) is 0 Å². The molecule has 0 aromatic heterocycles. The summed E-state index contributed by atoms with van der Waals surface area (Å²) < 4.78 is 0. The van der Waals surface area contributed by atoms with Gasteiger partial charge in [-0.2, -0.15) is 0 Å². The van der Waals surface area contributed by atoms with Crippen molar-refractivity contribution in [1.29, 1.82) is 0 Å². The van der Waals surface area contributed by atoms with Crippen LogP contribution in [0.15, 0.2) is 164 Å². The van der Waals surface area contributed by atoms with Gasteiger partial charge in [-0.1, -0.05) is 151 Å². The lowest BCUT2D eigenvalue weighted by Gasteiger charge is -2.30. The first kappa shape index (κ1) is 33.7. The Hall–Kier alpha value is -6.44. The van der Waals surface area contributed by atoms with Gasteiger partial charge < -0.3 is 4.90 Å². The van der Waals surface area contributed by atoms with Gasteiger partial charge in [0.1, 0.15) is 0 Å². The first-order valence-electron chi connectivity index (χ1n) is 20.8. The van der Waals surface area contributed by atoms with E-state index in [9.17, 15) is 0 Å². The number of hydrogen-bond donors (Lipinski definition) is 0. The Morgan fingerprint density at radius 1 is 0.293 bits per heavy atom. The van der Waals surface area contributed by atoms with Crippen LogP contribution in [0.1, 0.15) is 74.9 Å². The topological polar surface area (TPSA) is 3.24 Å². The lowest BCUT2D eigenvalue weighted by atomic mass is 9.81. The maximum Gasteiger partial charge on any atom is 0.0468 e. The van der Waals surface area contributed by atoms with Crippen molar-refractivity contribution in [2.45, 2.75) is 57.8 Å². The van der Waals surface area contributed by atoms with Gasteiger partial charge >= 0.3 is 0 Å². The fourth-order valence-corrected chi connectivity index (χ4v) is 11.2. The fraction of sp³-hybridized carbons (Fsp3) is 0.158. The summed E-state index contributed by atoms with van der Waals surface area (Å²) in [5.74, 6) is 0. The molecule has 0 amide bonds. The summed E-state index contributed by atoms with van der Waals surface area (Å²) in [6.45, 7) is 14.3. The SMILES string of the molecule is CC1(C)c2ccccc2-c2ccc(N(c3ccc4c(c3)C(C)(C)c3ccccc3-4)c3ccc4cc(-c5cc6c7c(ccc8cccc(c87)C6(C)C)c5)ccc4c3)cc21. The lowest BCUT2D eigenvalue weighted by molar-refractivity contribution is 0.660. The van der Waals surface area contributed by atoms with Crippen molar-refractivity contribution in [2.75, 3.05) is 4.90 Å². The molecule has 0 saturated carbocycles. The predicted molar refractivity (Wildman–Crippen MR) is 246 cm³/mol. The van der Waals surface area contributed by atoms with E-state index < -0.39 is 0 Å². The molecule has 3 aliphatic carbocycles. The molecule has 0 saturated heterocycles. The molecule has 0 aliphatic heterocycles. The molecule has 1 heteroatoms.